The first-order valence-corrected chi connectivity index (χ1v) is 7.50. The third-order valence-electron chi connectivity index (χ3n) is 2.73. The number of hydrogen-bond donors (Lipinski definition) is 2. The molecule has 0 aliphatic rings. The topological polar surface area (TPSA) is 98.5 Å². The Hall–Kier alpha value is -2.93. The maximum atomic E-state index is 11.7. The number of primary amides is 1. The fraction of sp³-hybridized carbons (Fsp3) is 0.0625. The minimum atomic E-state index is -0.599. The smallest absolute Gasteiger partial charge is 0.331 e. The molecular formula is C16H14N2O4S. The van der Waals surface area contributed by atoms with Crippen molar-refractivity contribution in [2.75, 3.05) is 11.9 Å². The molecule has 2 amide bonds. The standard InChI is InChI=1S/C16H14N2O4S/c17-16(21)11-3-5-12(6-4-11)18-14(19)10-22-15(20)8-7-13-2-1-9-23-13/h1-9H,10H2,(H2,17,21)(H,18,19)/b8-7+. The average molecular weight is 330 g/mol. The van der Waals surface area contributed by atoms with E-state index in [1.807, 2.05) is 17.5 Å². The number of carbonyl (C=O) groups is 3. The molecule has 0 aliphatic carbocycles. The van der Waals surface area contributed by atoms with Crippen molar-refractivity contribution in [3.05, 3.63) is 58.3 Å². The van der Waals surface area contributed by atoms with Crippen LogP contribution in [0.1, 0.15) is 15.2 Å². The summed E-state index contributed by atoms with van der Waals surface area (Å²) in [6, 6.07) is 9.79. The number of amides is 2. The van der Waals surface area contributed by atoms with Gasteiger partial charge < -0.3 is 15.8 Å². The van der Waals surface area contributed by atoms with Crippen molar-refractivity contribution in [1.82, 2.24) is 0 Å². The quantitative estimate of drug-likeness (QED) is 0.625. The van der Waals surface area contributed by atoms with Crippen LogP contribution in [0.25, 0.3) is 6.08 Å². The lowest BCUT2D eigenvalue weighted by Crippen LogP contribution is -2.20. The Labute approximate surface area is 136 Å². The van der Waals surface area contributed by atoms with Gasteiger partial charge in [0.2, 0.25) is 5.91 Å². The van der Waals surface area contributed by atoms with Gasteiger partial charge in [0.1, 0.15) is 0 Å². The molecule has 0 saturated heterocycles. The van der Waals surface area contributed by atoms with Gasteiger partial charge in [0.15, 0.2) is 6.61 Å². The highest BCUT2D eigenvalue weighted by atomic mass is 32.1. The van der Waals surface area contributed by atoms with Crippen molar-refractivity contribution in [3.8, 4) is 0 Å². The Morgan fingerprint density at radius 2 is 1.91 bits per heavy atom. The van der Waals surface area contributed by atoms with E-state index in [2.05, 4.69) is 5.32 Å². The number of ether oxygens (including phenoxy) is 1. The lowest BCUT2D eigenvalue weighted by Gasteiger charge is -2.05. The first-order valence-electron chi connectivity index (χ1n) is 6.62. The van der Waals surface area contributed by atoms with Gasteiger partial charge in [0.05, 0.1) is 0 Å². The van der Waals surface area contributed by atoms with Gasteiger partial charge >= 0.3 is 5.97 Å². The Kier molecular flexibility index (Phi) is 5.65. The molecule has 2 rings (SSSR count). The fourth-order valence-corrected chi connectivity index (χ4v) is 2.25. The van der Waals surface area contributed by atoms with Gasteiger partial charge in [0, 0.05) is 22.2 Å². The zero-order valence-corrected chi connectivity index (χ0v) is 12.8. The van der Waals surface area contributed by atoms with Crippen LogP contribution >= 0.6 is 11.3 Å². The second kappa shape index (κ2) is 7.90. The van der Waals surface area contributed by atoms with E-state index in [1.165, 1.54) is 41.7 Å². The summed E-state index contributed by atoms with van der Waals surface area (Å²) >= 11 is 1.49. The molecule has 2 aromatic rings. The first-order chi connectivity index (χ1) is 11.0. The molecule has 6 nitrogen and oxygen atoms in total. The second-order valence-electron chi connectivity index (χ2n) is 4.45. The Balaban J connectivity index is 1.78. The van der Waals surface area contributed by atoms with Gasteiger partial charge in [-0.1, -0.05) is 6.07 Å². The summed E-state index contributed by atoms with van der Waals surface area (Å²) in [5, 5.41) is 4.43. The Bertz CT molecular complexity index is 721. The van der Waals surface area contributed by atoms with E-state index in [1.54, 1.807) is 6.08 Å². The minimum Gasteiger partial charge on any atom is -0.452 e. The van der Waals surface area contributed by atoms with Crippen molar-refractivity contribution in [2.24, 2.45) is 5.73 Å². The Morgan fingerprint density at radius 3 is 2.52 bits per heavy atom. The van der Waals surface area contributed by atoms with E-state index in [4.69, 9.17) is 10.5 Å². The molecule has 1 aromatic carbocycles. The molecule has 0 radical (unpaired) electrons. The summed E-state index contributed by atoms with van der Waals surface area (Å²) in [5.74, 6) is -1.62. The largest absolute Gasteiger partial charge is 0.452 e. The molecule has 1 aromatic heterocycles. The molecule has 0 spiro atoms. The maximum Gasteiger partial charge on any atom is 0.331 e. The molecule has 0 saturated carbocycles. The van der Waals surface area contributed by atoms with Crippen molar-refractivity contribution in [2.45, 2.75) is 0 Å². The van der Waals surface area contributed by atoms with Crippen molar-refractivity contribution < 1.29 is 19.1 Å². The number of rotatable bonds is 6. The minimum absolute atomic E-state index is 0.341. The highest BCUT2D eigenvalue weighted by Gasteiger charge is 2.06. The second-order valence-corrected chi connectivity index (χ2v) is 5.43. The van der Waals surface area contributed by atoms with E-state index in [0.29, 0.717) is 11.3 Å². The predicted molar refractivity (Wildman–Crippen MR) is 87.9 cm³/mol. The number of esters is 1. The number of hydrogen-bond acceptors (Lipinski definition) is 5. The number of nitrogens with one attached hydrogen (secondary N) is 1. The molecule has 0 fully saturated rings. The molecule has 0 bridgehead atoms. The van der Waals surface area contributed by atoms with Crippen molar-refractivity contribution in [1.29, 1.82) is 0 Å². The zero-order valence-electron chi connectivity index (χ0n) is 12.0. The normalized spacial score (nSPS) is 10.4. The summed E-state index contributed by atoms with van der Waals surface area (Å²) < 4.78 is 4.83. The Morgan fingerprint density at radius 1 is 1.17 bits per heavy atom. The van der Waals surface area contributed by atoms with Gasteiger partial charge in [-0.05, 0) is 41.8 Å². The van der Waals surface area contributed by atoms with Crippen LogP contribution < -0.4 is 11.1 Å². The van der Waals surface area contributed by atoms with Crippen LogP contribution in [0.5, 0.6) is 0 Å². The summed E-state index contributed by atoms with van der Waals surface area (Å²) in [5.41, 5.74) is 5.94. The lowest BCUT2D eigenvalue weighted by molar-refractivity contribution is -0.142. The number of anilines is 1. The molecular weight excluding hydrogens is 316 g/mol. The van der Waals surface area contributed by atoms with Gasteiger partial charge in [-0.25, -0.2) is 4.79 Å². The van der Waals surface area contributed by atoms with E-state index in [9.17, 15) is 14.4 Å². The van der Waals surface area contributed by atoms with Crippen LogP contribution in [0.15, 0.2) is 47.9 Å². The highest BCUT2D eigenvalue weighted by Crippen LogP contribution is 2.10. The molecule has 23 heavy (non-hydrogen) atoms. The summed E-state index contributed by atoms with van der Waals surface area (Å²) in [6.45, 7) is -0.398. The fourth-order valence-electron chi connectivity index (χ4n) is 1.64. The molecule has 7 heteroatoms. The molecule has 1 heterocycles. The summed E-state index contributed by atoms with van der Waals surface area (Å²) in [4.78, 5) is 35.0. The van der Waals surface area contributed by atoms with E-state index in [0.717, 1.165) is 4.88 Å². The number of nitrogens with two attached hydrogens (primary N) is 1. The average Bonchev–Trinajstić information content (AvgIpc) is 3.05. The molecule has 0 atom stereocenters. The number of benzene rings is 1. The lowest BCUT2D eigenvalue weighted by atomic mass is 10.2. The molecule has 118 valence electrons. The predicted octanol–water partition coefficient (Wildman–Crippen LogP) is 2.04. The van der Waals surface area contributed by atoms with Crippen LogP contribution in [0.3, 0.4) is 0 Å². The zero-order chi connectivity index (χ0) is 16.7. The SMILES string of the molecule is NC(=O)c1ccc(NC(=O)COC(=O)/C=C/c2cccs2)cc1. The highest BCUT2D eigenvalue weighted by molar-refractivity contribution is 7.10. The molecule has 0 unspecified atom stereocenters. The molecule has 0 aliphatic heterocycles. The summed E-state index contributed by atoms with van der Waals surface area (Å²) in [6.07, 6.45) is 2.88. The van der Waals surface area contributed by atoms with Gasteiger partial charge in [0.25, 0.3) is 5.91 Å². The monoisotopic (exact) mass is 330 g/mol. The van der Waals surface area contributed by atoms with Gasteiger partial charge in [-0.15, -0.1) is 11.3 Å². The van der Waals surface area contributed by atoms with Gasteiger partial charge in [-0.3, -0.25) is 9.59 Å². The maximum absolute atomic E-state index is 11.7. The number of carbonyl (C=O) groups excluding carboxylic acids is 3. The number of thiophene rings is 1. The van der Waals surface area contributed by atoms with Crippen LogP contribution in [0, 0.1) is 0 Å². The van der Waals surface area contributed by atoms with Crippen LogP contribution in [0.4, 0.5) is 5.69 Å². The molecule has 3 N–H and O–H groups in total. The van der Waals surface area contributed by atoms with E-state index < -0.39 is 24.4 Å². The first kappa shape index (κ1) is 16.4. The third kappa shape index (κ3) is 5.40. The summed E-state index contributed by atoms with van der Waals surface area (Å²) in [7, 11) is 0. The van der Waals surface area contributed by atoms with Gasteiger partial charge in [-0.2, -0.15) is 0 Å². The van der Waals surface area contributed by atoms with E-state index >= 15 is 0 Å². The van der Waals surface area contributed by atoms with Crippen molar-refractivity contribution >= 4 is 40.9 Å². The van der Waals surface area contributed by atoms with Crippen molar-refractivity contribution in [3.63, 3.8) is 0 Å². The third-order valence-corrected chi connectivity index (χ3v) is 3.56. The van der Waals surface area contributed by atoms with E-state index in [-0.39, 0.29) is 0 Å². The van der Waals surface area contributed by atoms with Crippen LogP contribution in [0.2, 0.25) is 0 Å². The van der Waals surface area contributed by atoms with Crippen LogP contribution in [-0.2, 0) is 14.3 Å². The van der Waals surface area contributed by atoms with Crippen LogP contribution in [-0.4, -0.2) is 24.4 Å².